The monoisotopic (exact) mass is 205 g/mol. The van der Waals surface area contributed by atoms with E-state index in [2.05, 4.69) is 4.90 Å². The van der Waals surface area contributed by atoms with E-state index in [1.165, 1.54) is 11.5 Å². The molecule has 4 nitrogen and oxygen atoms in total. The summed E-state index contributed by atoms with van der Waals surface area (Å²) in [5.74, 6) is 1.46. The van der Waals surface area contributed by atoms with E-state index in [1.807, 2.05) is 11.8 Å². The van der Waals surface area contributed by atoms with Crippen molar-refractivity contribution >= 4 is 17.7 Å². The standard InChI is InChI=1S/C8H15NO3S/c10-8(11)7-12-4-1-9-2-5-13-6-3-9/h1-7H2,(H,10,11). The van der Waals surface area contributed by atoms with Crippen LogP contribution in [-0.4, -0.2) is 60.3 Å². The molecule has 76 valence electrons. The van der Waals surface area contributed by atoms with Crippen molar-refractivity contribution in [2.45, 2.75) is 0 Å². The molecule has 0 atom stereocenters. The van der Waals surface area contributed by atoms with Crippen LogP contribution in [0.3, 0.4) is 0 Å². The average molecular weight is 205 g/mol. The molecular formula is C8H15NO3S. The normalized spacial score (nSPS) is 18.8. The first kappa shape index (κ1) is 10.8. The first-order valence-electron chi connectivity index (χ1n) is 4.38. The largest absolute Gasteiger partial charge is 0.480 e. The number of hydrogen-bond acceptors (Lipinski definition) is 4. The lowest BCUT2D eigenvalue weighted by molar-refractivity contribution is -0.142. The number of aliphatic carboxylic acids is 1. The molecular weight excluding hydrogens is 190 g/mol. The molecule has 1 rings (SSSR count). The highest BCUT2D eigenvalue weighted by Crippen LogP contribution is 2.08. The predicted octanol–water partition coefficient (Wildman–Crippen LogP) is 0.136. The number of ether oxygens (including phenoxy) is 1. The van der Waals surface area contributed by atoms with Crippen molar-refractivity contribution in [2.24, 2.45) is 0 Å². The van der Waals surface area contributed by atoms with Gasteiger partial charge in [0.25, 0.3) is 0 Å². The number of carbonyl (C=O) groups is 1. The third-order valence-corrected chi connectivity index (χ3v) is 2.82. The molecule has 0 spiro atoms. The van der Waals surface area contributed by atoms with E-state index in [0.717, 1.165) is 19.6 Å². The minimum atomic E-state index is -0.894. The second-order valence-electron chi connectivity index (χ2n) is 2.90. The number of thioether (sulfide) groups is 1. The number of carboxylic acids is 1. The fourth-order valence-corrected chi connectivity index (χ4v) is 2.16. The summed E-state index contributed by atoms with van der Waals surface area (Å²) in [4.78, 5) is 12.4. The summed E-state index contributed by atoms with van der Waals surface area (Å²) in [6.45, 7) is 3.40. The molecule has 5 heteroatoms. The Morgan fingerprint density at radius 3 is 2.77 bits per heavy atom. The van der Waals surface area contributed by atoms with Gasteiger partial charge in [-0.1, -0.05) is 0 Å². The van der Waals surface area contributed by atoms with Crippen molar-refractivity contribution in [1.29, 1.82) is 0 Å². The molecule has 0 aliphatic carbocycles. The van der Waals surface area contributed by atoms with E-state index in [9.17, 15) is 4.79 Å². The van der Waals surface area contributed by atoms with E-state index in [4.69, 9.17) is 9.84 Å². The zero-order valence-electron chi connectivity index (χ0n) is 7.57. The Balaban J connectivity index is 1.95. The van der Waals surface area contributed by atoms with Crippen molar-refractivity contribution in [3.05, 3.63) is 0 Å². The van der Waals surface area contributed by atoms with Crippen molar-refractivity contribution in [3.8, 4) is 0 Å². The zero-order chi connectivity index (χ0) is 9.52. The molecule has 0 radical (unpaired) electrons. The Kier molecular flexibility index (Phi) is 5.19. The van der Waals surface area contributed by atoms with Gasteiger partial charge in [0, 0.05) is 31.1 Å². The van der Waals surface area contributed by atoms with Crippen LogP contribution in [0.1, 0.15) is 0 Å². The molecule has 1 N–H and O–H groups in total. The van der Waals surface area contributed by atoms with Gasteiger partial charge in [0.05, 0.1) is 6.61 Å². The van der Waals surface area contributed by atoms with Crippen LogP contribution in [0.15, 0.2) is 0 Å². The average Bonchev–Trinajstić information content (AvgIpc) is 2.14. The summed E-state index contributed by atoms with van der Waals surface area (Å²) < 4.78 is 4.95. The number of hydrogen-bond donors (Lipinski definition) is 1. The third-order valence-electron chi connectivity index (χ3n) is 1.88. The zero-order valence-corrected chi connectivity index (χ0v) is 8.39. The SMILES string of the molecule is O=C(O)COCCN1CCSCC1. The summed E-state index contributed by atoms with van der Waals surface area (Å²) in [7, 11) is 0. The molecule has 1 aliphatic heterocycles. The van der Waals surface area contributed by atoms with E-state index < -0.39 is 5.97 Å². The maximum atomic E-state index is 10.1. The van der Waals surface area contributed by atoms with Crippen LogP contribution in [0, 0.1) is 0 Å². The van der Waals surface area contributed by atoms with Crippen LogP contribution in [0.5, 0.6) is 0 Å². The van der Waals surface area contributed by atoms with Crippen LogP contribution in [0.2, 0.25) is 0 Å². The minimum Gasteiger partial charge on any atom is -0.480 e. The van der Waals surface area contributed by atoms with Gasteiger partial charge in [-0.2, -0.15) is 11.8 Å². The highest BCUT2D eigenvalue weighted by molar-refractivity contribution is 7.99. The van der Waals surface area contributed by atoms with E-state index in [1.54, 1.807) is 0 Å². The molecule has 0 bridgehead atoms. The highest BCUT2D eigenvalue weighted by Gasteiger charge is 2.09. The van der Waals surface area contributed by atoms with E-state index in [0.29, 0.717) is 6.61 Å². The molecule has 0 aromatic carbocycles. The first-order valence-corrected chi connectivity index (χ1v) is 5.54. The van der Waals surface area contributed by atoms with Crippen molar-refractivity contribution in [3.63, 3.8) is 0 Å². The second-order valence-corrected chi connectivity index (χ2v) is 4.13. The summed E-state index contributed by atoms with van der Waals surface area (Å²) >= 11 is 1.97. The van der Waals surface area contributed by atoms with E-state index in [-0.39, 0.29) is 6.61 Å². The van der Waals surface area contributed by atoms with Crippen molar-refractivity contribution in [2.75, 3.05) is 44.4 Å². The van der Waals surface area contributed by atoms with Crippen LogP contribution in [0.25, 0.3) is 0 Å². The van der Waals surface area contributed by atoms with Gasteiger partial charge >= 0.3 is 5.97 Å². The lowest BCUT2D eigenvalue weighted by Crippen LogP contribution is -2.35. The first-order chi connectivity index (χ1) is 6.29. The number of nitrogens with zero attached hydrogens (tertiary/aromatic N) is 1. The fraction of sp³-hybridized carbons (Fsp3) is 0.875. The van der Waals surface area contributed by atoms with Gasteiger partial charge in [-0.25, -0.2) is 4.79 Å². The van der Waals surface area contributed by atoms with Crippen LogP contribution in [0.4, 0.5) is 0 Å². The van der Waals surface area contributed by atoms with Crippen LogP contribution >= 0.6 is 11.8 Å². The van der Waals surface area contributed by atoms with Gasteiger partial charge in [0.2, 0.25) is 0 Å². The summed E-state index contributed by atoms with van der Waals surface area (Å²) in [6.07, 6.45) is 0. The summed E-state index contributed by atoms with van der Waals surface area (Å²) in [6, 6.07) is 0. The molecule has 0 aromatic rings. The number of carboxylic acid groups (broad SMARTS) is 1. The van der Waals surface area contributed by atoms with Crippen LogP contribution < -0.4 is 0 Å². The molecule has 13 heavy (non-hydrogen) atoms. The lowest BCUT2D eigenvalue weighted by atomic mass is 10.5. The topological polar surface area (TPSA) is 49.8 Å². The fourth-order valence-electron chi connectivity index (χ4n) is 1.18. The molecule has 1 fully saturated rings. The maximum Gasteiger partial charge on any atom is 0.329 e. The van der Waals surface area contributed by atoms with Gasteiger partial charge in [-0.3, -0.25) is 4.90 Å². The summed E-state index contributed by atoms with van der Waals surface area (Å²) in [5.41, 5.74) is 0. The summed E-state index contributed by atoms with van der Waals surface area (Å²) in [5, 5.41) is 8.31. The Labute approximate surface area is 82.2 Å². The molecule has 0 saturated carbocycles. The Hall–Kier alpha value is -0.260. The van der Waals surface area contributed by atoms with E-state index >= 15 is 0 Å². The van der Waals surface area contributed by atoms with Gasteiger partial charge in [-0.15, -0.1) is 0 Å². The third kappa shape index (κ3) is 5.13. The van der Waals surface area contributed by atoms with Crippen LogP contribution in [-0.2, 0) is 9.53 Å². The van der Waals surface area contributed by atoms with Gasteiger partial charge in [0.15, 0.2) is 0 Å². The lowest BCUT2D eigenvalue weighted by Gasteiger charge is -2.25. The smallest absolute Gasteiger partial charge is 0.329 e. The minimum absolute atomic E-state index is 0.178. The predicted molar refractivity (Wildman–Crippen MR) is 52.2 cm³/mol. The molecule has 0 unspecified atom stereocenters. The highest BCUT2D eigenvalue weighted by atomic mass is 32.2. The maximum absolute atomic E-state index is 10.1. The Morgan fingerprint density at radius 2 is 2.15 bits per heavy atom. The molecule has 1 aliphatic rings. The molecule has 1 saturated heterocycles. The second kappa shape index (κ2) is 6.23. The quantitative estimate of drug-likeness (QED) is 0.647. The van der Waals surface area contributed by atoms with Crippen molar-refractivity contribution in [1.82, 2.24) is 4.90 Å². The Morgan fingerprint density at radius 1 is 1.46 bits per heavy atom. The Bertz CT molecular complexity index is 159. The molecule has 0 amide bonds. The van der Waals surface area contributed by atoms with Gasteiger partial charge in [-0.05, 0) is 0 Å². The van der Waals surface area contributed by atoms with Crippen molar-refractivity contribution < 1.29 is 14.6 Å². The number of rotatable bonds is 5. The molecule has 1 heterocycles. The van der Waals surface area contributed by atoms with Gasteiger partial charge < -0.3 is 9.84 Å². The van der Waals surface area contributed by atoms with Gasteiger partial charge in [0.1, 0.15) is 6.61 Å². The molecule has 0 aromatic heterocycles.